The predicted octanol–water partition coefficient (Wildman–Crippen LogP) is 1.75. The Hall–Kier alpha value is -2.30. The van der Waals surface area contributed by atoms with E-state index >= 15 is 0 Å². The second-order valence-electron chi connectivity index (χ2n) is 3.72. The fourth-order valence-electron chi connectivity index (χ4n) is 1.44. The molecular formula is C12H13N3O2. The first-order valence-electron chi connectivity index (χ1n) is 5.20. The summed E-state index contributed by atoms with van der Waals surface area (Å²) in [5, 5.41) is 2.57. The van der Waals surface area contributed by atoms with Crippen molar-refractivity contribution in [2.75, 3.05) is 11.1 Å². The van der Waals surface area contributed by atoms with Crippen molar-refractivity contribution in [1.29, 1.82) is 0 Å². The summed E-state index contributed by atoms with van der Waals surface area (Å²) in [7, 11) is 0. The van der Waals surface area contributed by atoms with Crippen LogP contribution < -0.4 is 11.1 Å². The minimum atomic E-state index is -0.204. The molecule has 1 amide bonds. The number of carbonyl (C=O) groups is 1. The van der Waals surface area contributed by atoms with Crippen molar-refractivity contribution in [1.82, 2.24) is 4.98 Å². The van der Waals surface area contributed by atoms with E-state index in [1.807, 2.05) is 18.2 Å². The molecule has 2 aromatic rings. The van der Waals surface area contributed by atoms with Crippen LogP contribution in [0.25, 0.3) is 0 Å². The molecule has 0 spiro atoms. The fourth-order valence-corrected chi connectivity index (χ4v) is 1.44. The van der Waals surface area contributed by atoms with E-state index in [1.165, 1.54) is 6.26 Å². The molecule has 0 atom stereocenters. The van der Waals surface area contributed by atoms with Gasteiger partial charge < -0.3 is 10.2 Å². The number of hydrogen-bond acceptors (Lipinski definition) is 4. The minimum Gasteiger partial charge on any atom is -0.432 e. The van der Waals surface area contributed by atoms with Crippen LogP contribution in [0.4, 0.5) is 11.7 Å². The predicted molar refractivity (Wildman–Crippen MR) is 64.4 cm³/mol. The maximum atomic E-state index is 11.7. The highest BCUT2D eigenvalue weighted by atomic mass is 16.4. The van der Waals surface area contributed by atoms with Crippen molar-refractivity contribution in [2.24, 2.45) is 0 Å². The number of aromatic nitrogens is 1. The Morgan fingerprint density at radius 1 is 1.47 bits per heavy atom. The maximum Gasteiger partial charge on any atom is 0.301 e. The molecule has 0 aliphatic carbocycles. The van der Waals surface area contributed by atoms with Crippen molar-refractivity contribution in [3.63, 3.8) is 0 Å². The first-order valence-corrected chi connectivity index (χ1v) is 5.20. The molecule has 1 aromatic carbocycles. The summed E-state index contributed by atoms with van der Waals surface area (Å²) >= 11 is 0. The standard InChI is InChI=1S/C12H13N3O2/c1-8-7-17-12(14-8)15-11(16)6-9-4-2-3-5-10(9)13/h2-5,7H,6,13H2,1H3,(H,14,15,16). The van der Waals surface area contributed by atoms with E-state index in [9.17, 15) is 4.79 Å². The lowest BCUT2D eigenvalue weighted by atomic mass is 10.1. The number of carbonyl (C=O) groups excluding carboxylic acids is 1. The van der Waals surface area contributed by atoms with E-state index in [4.69, 9.17) is 10.2 Å². The molecule has 1 heterocycles. The Balaban J connectivity index is 2.01. The molecule has 3 N–H and O–H groups in total. The first kappa shape index (κ1) is 11.2. The maximum absolute atomic E-state index is 11.7. The van der Waals surface area contributed by atoms with Gasteiger partial charge in [0.25, 0.3) is 0 Å². The van der Waals surface area contributed by atoms with Gasteiger partial charge in [-0.3, -0.25) is 10.1 Å². The Labute approximate surface area is 98.6 Å². The zero-order valence-electron chi connectivity index (χ0n) is 9.43. The van der Waals surface area contributed by atoms with E-state index in [2.05, 4.69) is 10.3 Å². The van der Waals surface area contributed by atoms with Crippen molar-refractivity contribution in [2.45, 2.75) is 13.3 Å². The normalized spacial score (nSPS) is 10.2. The van der Waals surface area contributed by atoms with Crippen molar-refractivity contribution >= 4 is 17.6 Å². The summed E-state index contributed by atoms with van der Waals surface area (Å²) in [6.07, 6.45) is 1.68. The molecule has 2 rings (SSSR count). The van der Waals surface area contributed by atoms with Gasteiger partial charge in [-0.25, -0.2) is 0 Å². The topological polar surface area (TPSA) is 81.2 Å². The number of aryl methyl sites for hydroxylation is 1. The number of amides is 1. The second kappa shape index (κ2) is 4.69. The number of oxazole rings is 1. The van der Waals surface area contributed by atoms with Crippen LogP contribution in [-0.2, 0) is 11.2 Å². The van der Waals surface area contributed by atoms with E-state index in [0.717, 1.165) is 11.3 Å². The van der Waals surface area contributed by atoms with Gasteiger partial charge in [-0.15, -0.1) is 0 Å². The number of nitrogen functional groups attached to an aromatic ring is 1. The van der Waals surface area contributed by atoms with E-state index in [-0.39, 0.29) is 18.3 Å². The minimum absolute atomic E-state index is 0.202. The SMILES string of the molecule is Cc1coc(NC(=O)Cc2ccccc2N)n1. The van der Waals surface area contributed by atoms with Crippen LogP contribution >= 0.6 is 0 Å². The molecule has 5 heteroatoms. The monoisotopic (exact) mass is 231 g/mol. The third-order valence-corrected chi connectivity index (χ3v) is 2.27. The van der Waals surface area contributed by atoms with E-state index in [0.29, 0.717) is 5.69 Å². The average molecular weight is 231 g/mol. The molecule has 0 aliphatic heterocycles. The summed E-state index contributed by atoms with van der Waals surface area (Å²) in [6.45, 7) is 1.79. The molecule has 5 nitrogen and oxygen atoms in total. The number of nitrogens with zero attached hydrogens (tertiary/aromatic N) is 1. The summed E-state index contributed by atoms with van der Waals surface area (Å²) < 4.78 is 5.03. The number of nitrogens with one attached hydrogen (secondary N) is 1. The molecule has 17 heavy (non-hydrogen) atoms. The third-order valence-electron chi connectivity index (χ3n) is 2.27. The second-order valence-corrected chi connectivity index (χ2v) is 3.72. The molecule has 0 fully saturated rings. The van der Waals surface area contributed by atoms with Gasteiger partial charge in [-0.05, 0) is 18.6 Å². The van der Waals surface area contributed by atoms with Gasteiger partial charge in [0, 0.05) is 5.69 Å². The van der Waals surface area contributed by atoms with Crippen LogP contribution in [0, 0.1) is 6.92 Å². The molecule has 0 aliphatic rings. The lowest BCUT2D eigenvalue weighted by Gasteiger charge is -2.04. The van der Waals surface area contributed by atoms with Gasteiger partial charge >= 0.3 is 6.01 Å². The van der Waals surface area contributed by atoms with Crippen LogP contribution in [0.1, 0.15) is 11.3 Å². The van der Waals surface area contributed by atoms with Crippen LogP contribution in [0.3, 0.4) is 0 Å². The third kappa shape index (κ3) is 2.84. The summed E-state index contributed by atoms with van der Waals surface area (Å²) in [5.41, 5.74) is 7.86. The average Bonchev–Trinajstić information content (AvgIpc) is 2.67. The molecule has 0 saturated carbocycles. The Bertz CT molecular complexity index is 534. The number of benzene rings is 1. The van der Waals surface area contributed by atoms with Gasteiger partial charge in [0.1, 0.15) is 6.26 Å². The van der Waals surface area contributed by atoms with E-state index in [1.54, 1.807) is 13.0 Å². The number of anilines is 2. The van der Waals surface area contributed by atoms with Crippen LogP contribution in [0.2, 0.25) is 0 Å². The zero-order valence-corrected chi connectivity index (χ0v) is 9.43. The van der Waals surface area contributed by atoms with Crippen LogP contribution in [0.15, 0.2) is 34.9 Å². The van der Waals surface area contributed by atoms with Gasteiger partial charge in [-0.2, -0.15) is 4.98 Å². The summed E-state index contributed by atoms with van der Waals surface area (Å²) in [4.78, 5) is 15.7. The summed E-state index contributed by atoms with van der Waals surface area (Å²) in [6, 6.07) is 7.46. The smallest absolute Gasteiger partial charge is 0.301 e. The molecular weight excluding hydrogens is 218 g/mol. The largest absolute Gasteiger partial charge is 0.432 e. The van der Waals surface area contributed by atoms with Crippen LogP contribution in [-0.4, -0.2) is 10.9 Å². The van der Waals surface area contributed by atoms with Gasteiger partial charge in [-0.1, -0.05) is 18.2 Å². The number of nitrogens with two attached hydrogens (primary N) is 1. The Morgan fingerprint density at radius 3 is 2.88 bits per heavy atom. The Kier molecular flexibility index (Phi) is 3.09. The Morgan fingerprint density at radius 2 is 2.24 bits per heavy atom. The molecule has 88 valence electrons. The van der Waals surface area contributed by atoms with Gasteiger partial charge in [0.15, 0.2) is 0 Å². The fraction of sp³-hybridized carbons (Fsp3) is 0.167. The molecule has 0 saturated heterocycles. The number of hydrogen-bond donors (Lipinski definition) is 2. The first-order chi connectivity index (χ1) is 8.15. The van der Waals surface area contributed by atoms with Crippen molar-refractivity contribution < 1.29 is 9.21 Å². The molecule has 0 unspecified atom stereocenters. The lowest BCUT2D eigenvalue weighted by Crippen LogP contribution is -2.15. The quantitative estimate of drug-likeness (QED) is 0.788. The van der Waals surface area contributed by atoms with Crippen molar-refractivity contribution in [3.8, 4) is 0 Å². The molecule has 1 aromatic heterocycles. The highest BCUT2D eigenvalue weighted by Crippen LogP contribution is 2.12. The number of para-hydroxylation sites is 1. The van der Waals surface area contributed by atoms with Crippen molar-refractivity contribution in [3.05, 3.63) is 41.8 Å². The summed E-state index contributed by atoms with van der Waals surface area (Å²) in [5.74, 6) is -0.204. The van der Waals surface area contributed by atoms with E-state index < -0.39 is 0 Å². The van der Waals surface area contributed by atoms with Gasteiger partial charge in [0.05, 0.1) is 12.1 Å². The molecule has 0 radical (unpaired) electrons. The highest BCUT2D eigenvalue weighted by molar-refractivity contribution is 5.91. The number of rotatable bonds is 3. The van der Waals surface area contributed by atoms with Crippen LogP contribution in [0.5, 0.6) is 0 Å². The van der Waals surface area contributed by atoms with Gasteiger partial charge in [0.2, 0.25) is 5.91 Å². The molecule has 0 bridgehead atoms. The lowest BCUT2D eigenvalue weighted by molar-refractivity contribution is -0.115. The highest BCUT2D eigenvalue weighted by Gasteiger charge is 2.09. The zero-order chi connectivity index (χ0) is 12.3.